The lowest BCUT2D eigenvalue weighted by atomic mass is 10.2. The topological polar surface area (TPSA) is 146 Å². The summed E-state index contributed by atoms with van der Waals surface area (Å²) in [4.78, 5) is 18.5. The van der Waals surface area contributed by atoms with Crippen molar-refractivity contribution in [3.63, 3.8) is 0 Å². The molecule has 0 saturated heterocycles. The zero-order chi connectivity index (χ0) is 16.1. The minimum Gasteiger partial charge on any atom is -0.449 e. The van der Waals surface area contributed by atoms with E-state index in [4.69, 9.17) is 4.74 Å². The first kappa shape index (κ1) is 16.5. The first-order valence-electron chi connectivity index (χ1n) is 4.82. The Labute approximate surface area is 119 Å². The van der Waals surface area contributed by atoms with Crippen molar-refractivity contribution in [1.82, 2.24) is 0 Å². The minimum absolute atomic E-state index is 0.306. The summed E-state index contributed by atoms with van der Waals surface area (Å²) < 4.78 is 55.4. The van der Waals surface area contributed by atoms with Gasteiger partial charge in [-0.2, -0.15) is 16.8 Å². The van der Waals surface area contributed by atoms with Crippen LogP contribution in [-0.4, -0.2) is 35.3 Å². The van der Waals surface area contributed by atoms with E-state index < -0.39 is 20.3 Å². The molecule has 112 valence electrons. The fourth-order valence-electron chi connectivity index (χ4n) is 1.08. The van der Waals surface area contributed by atoms with Gasteiger partial charge in [0.05, 0.1) is 6.26 Å². The molecule has 2 aliphatic rings. The lowest BCUT2D eigenvalue weighted by Crippen LogP contribution is -2.11. The molecule has 2 heterocycles. The van der Waals surface area contributed by atoms with Crippen molar-refractivity contribution in [2.75, 3.05) is 6.26 Å². The van der Waals surface area contributed by atoms with Gasteiger partial charge in [-0.3, -0.25) is 0 Å². The van der Waals surface area contributed by atoms with Crippen LogP contribution in [0.4, 0.5) is 0 Å². The maximum absolute atomic E-state index is 10.7. The molecule has 0 unspecified atom stereocenters. The summed E-state index contributed by atoms with van der Waals surface area (Å²) in [6.45, 7) is 0. The first-order chi connectivity index (χ1) is 9.68. The summed E-state index contributed by atoms with van der Waals surface area (Å²) in [6, 6.07) is 5.06. The Morgan fingerprint density at radius 3 is 1.86 bits per heavy atom. The van der Waals surface area contributed by atoms with E-state index in [1.54, 1.807) is 18.2 Å². The van der Waals surface area contributed by atoms with Crippen LogP contribution in [0.5, 0.6) is 17.2 Å². The number of isocyanates is 2. The number of carbonyl (C=O) groups excluding carboxylic acids is 2. The van der Waals surface area contributed by atoms with Gasteiger partial charge in [0.1, 0.15) is 0 Å². The summed E-state index contributed by atoms with van der Waals surface area (Å²) in [7, 11) is -7.72. The summed E-state index contributed by atoms with van der Waals surface area (Å²) in [6.07, 6.45) is 2.41. The molecule has 0 aliphatic carbocycles. The minimum atomic E-state index is -4.28. The van der Waals surface area contributed by atoms with Gasteiger partial charge in [-0.05, 0) is 12.1 Å². The van der Waals surface area contributed by atoms with Gasteiger partial charge in [-0.25, -0.2) is 9.59 Å². The molecule has 0 N–H and O–H groups in total. The molecule has 1 aromatic carbocycles. The third kappa shape index (κ3) is 5.16. The van der Waals surface area contributed by atoms with Gasteiger partial charge in [0.15, 0.2) is 11.5 Å². The van der Waals surface area contributed by atoms with Crippen molar-refractivity contribution in [3.8, 4) is 17.2 Å². The van der Waals surface area contributed by atoms with Gasteiger partial charge in [0, 0.05) is 0 Å². The number of hydrogen-bond donors (Lipinski definition) is 0. The highest BCUT2D eigenvalue weighted by Gasteiger charge is 2.25. The molecule has 21 heavy (non-hydrogen) atoms. The molecule has 0 spiro atoms. The fraction of sp³-hybridized carbons (Fsp3) is 0.111. The van der Waals surface area contributed by atoms with E-state index in [1.165, 1.54) is 0 Å². The highest BCUT2D eigenvalue weighted by Crippen LogP contribution is 2.49. The second-order valence-corrected chi connectivity index (χ2v) is 6.12. The summed E-state index contributed by atoms with van der Waals surface area (Å²) in [5.41, 5.74) is 0. The van der Waals surface area contributed by atoms with Gasteiger partial charge < -0.3 is 8.92 Å². The van der Waals surface area contributed by atoms with E-state index in [0.717, 1.165) is 6.26 Å². The summed E-state index contributed by atoms with van der Waals surface area (Å²) in [5.74, 6) is 1.25. The second kappa shape index (κ2) is 6.29. The predicted molar refractivity (Wildman–Crippen MR) is 67.2 cm³/mol. The molecule has 0 atom stereocenters. The van der Waals surface area contributed by atoms with Gasteiger partial charge in [0.2, 0.25) is 5.75 Å². The molecule has 0 amide bonds. The van der Waals surface area contributed by atoms with E-state index in [9.17, 15) is 26.4 Å². The predicted octanol–water partition coefficient (Wildman–Crippen LogP) is 0.0335. The zero-order valence-corrected chi connectivity index (χ0v) is 11.8. The first-order valence-corrected chi connectivity index (χ1v) is 8.03. The average molecular weight is 334 g/mol. The molecule has 10 nitrogen and oxygen atoms in total. The molecule has 0 aromatic heterocycles. The number of benzene rings is 1. The van der Waals surface area contributed by atoms with E-state index >= 15 is 0 Å². The molecule has 2 bridgehead atoms. The molecular weight excluding hydrogens is 328 g/mol. The van der Waals surface area contributed by atoms with Gasteiger partial charge in [-0.1, -0.05) is 14.9 Å². The van der Waals surface area contributed by atoms with Crippen LogP contribution in [0.2, 0.25) is 0 Å². The molecule has 3 rings (SSSR count). The summed E-state index contributed by atoms with van der Waals surface area (Å²) >= 11 is 0. The van der Waals surface area contributed by atoms with E-state index in [-0.39, 0.29) is 0 Å². The van der Waals surface area contributed by atoms with Gasteiger partial charge in [0.25, 0.3) is 12.2 Å². The van der Waals surface area contributed by atoms with E-state index in [0.29, 0.717) is 29.4 Å². The van der Waals surface area contributed by atoms with E-state index in [1.807, 2.05) is 0 Å². The monoisotopic (exact) mass is 334 g/mol. The Bertz CT molecular complexity index is 801. The number of ether oxygens (including phenoxy) is 1. The van der Waals surface area contributed by atoms with Crippen molar-refractivity contribution in [1.29, 1.82) is 0 Å². The van der Waals surface area contributed by atoms with Crippen molar-refractivity contribution in [2.45, 2.75) is 0 Å². The SMILES string of the molecule is CS(=O)(=O)Oc1c2cccc1O2.O=C=NS(=O)(=O)N=C=O. The molecule has 12 heteroatoms. The smallest absolute Gasteiger partial charge is 0.383 e. The summed E-state index contributed by atoms with van der Waals surface area (Å²) in [5, 5.41) is 0. The van der Waals surface area contributed by atoms with Crippen molar-refractivity contribution < 1.29 is 35.3 Å². The lowest BCUT2D eigenvalue weighted by molar-refractivity contribution is 0.368. The van der Waals surface area contributed by atoms with Crippen LogP contribution >= 0.6 is 0 Å². The van der Waals surface area contributed by atoms with Gasteiger partial charge >= 0.3 is 20.3 Å². The van der Waals surface area contributed by atoms with Crippen molar-refractivity contribution in [2.24, 2.45) is 8.80 Å². The highest BCUT2D eigenvalue weighted by atomic mass is 32.2. The maximum Gasteiger partial charge on any atom is 0.383 e. The number of hydrogen-bond acceptors (Lipinski definition) is 8. The number of fused-ring (bicyclic) bond motifs is 2. The number of rotatable bonds is 4. The Hall–Kier alpha value is -2.52. The second-order valence-electron chi connectivity index (χ2n) is 3.29. The molecule has 0 radical (unpaired) electrons. The Morgan fingerprint density at radius 2 is 1.52 bits per heavy atom. The normalized spacial score (nSPS) is 11.3. The van der Waals surface area contributed by atoms with Crippen LogP contribution in [0, 0.1) is 0 Å². The molecular formula is C9H6N2O8S2. The van der Waals surface area contributed by atoms with Crippen LogP contribution < -0.4 is 8.92 Å². The van der Waals surface area contributed by atoms with Crippen molar-refractivity contribution in [3.05, 3.63) is 18.2 Å². The average Bonchev–Trinajstić information content (AvgIpc) is 2.36. The third-order valence-electron chi connectivity index (χ3n) is 1.70. The highest BCUT2D eigenvalue weighted by molar-refractivity contribution is 7.89. The molecule has 0 saturated carbocycles. The van der Waals surface area contributed by atoms with Crippen LogP contribution in [0.1, 0.15) is 0 Å². The number of nitrogens with zero attached hydrogens (tertiary/aromatic N) is 2. The quantitative estimate of drug-likeness (QED) is 0.432. The Morgan fingerprint density at radius 1 is 1.05 bits per heavy atom. The van der Waals surface area contributed by atoms with Crippen LogP contribution in [-0.2, 0) is 29.9 Å². The fourth-order valence-corrected chi connectivity index (χ4v) is 1.77. The number of para-hydroxylation sites is 1. The Kier molecular flexibility index (Phi) is 4.95. The standard InChI is InChI=1S/C7H6O4S.C2N2O4S/c1-12(8,9)11-7-5-3-2-4-6(7)10-5;5-1-3-9(7,8)4-2-6/h2-4H,1H3;. The molecule has 1 aromatic rings. The molecule has 2 aliphatic heterocycles. The van der Waals surface area contributed by atoms with Crippen LogP contribution in [0.25, 0.3) is 0 Å². The van der Waals surface area contributed by atoms with Crippen LogP contribution in [0.15, 0.2) is 27.0 Å². The largest absolute Gasteiger partial charge is 0.449 e. The van der Waals surface area contributed by atoms with Crippen LogP contribution in [0.3, 0.4) is 0 Å². The molecule has 0 fully saturated rings. The maximum atomic E-state index is 10.7. The zero-order valence-electron chi connectivity index (χ0n) is 10.2. The van der Waals surface area contributed by atoms with Gasteiger partial charge in [-0.15, -0.1) is 0 Å². The van der Waals surface area contributed by atoms with E-state index in [2.05, 4.69) is 13.0 Å². The van der Waals surface area contributed by atoms with Crippen molar-refractivity contribution >= 4 is 32.5 Å². The lowest BCUT2D eigenvalue weighted by Gasteiger charge is -2.21. The third-order valence-corrected chi connectivity index (χ3v) is 2.78. The Balaban J connectivity index is 0.000000222.